The van der Waals surface area contributed by atoms with Crippen LogP contribution in [0, 0.1) is 5.82 Å². The van der Waals surface area contributed by atoms with E-state index in [9.17, 15) is 9.18 Å². The van der Waals surface area contributed by atoms with Gasteiger partial charge in [-0.1, -0.05) is 11.6 Å². The second-order valence-electron chi connectivity index (χ2n) is 2.87. The van der Waals surface area contributed by atoms with Crippen LogP contribution in [0.5, 0.6) is 0 Å². The van der Waals surface area contributed by atoms with Crippen molar-refractivity contribution in [2.24, 2.45) is 0 Å². The van der Waals surface area contributed by atoms with Crippen LogP contribution in [0.1, 0.15) is 10.5 Å². The molecular weight excluding hydrogens is 223 g/mol. The van der Waals surface area contributed by atoms with Crippen LogP contribution in [0.2, 0.25) is 5.15 Å². The van der Waals surface area contributed by atoms with Gasteiger partial charge in [0.05, 0.1) is 18.1 Å². The molecule has 0 aliphatic carbocycles. The SMILES string of the molecule is COC(=O)c1cc2nc(Cl)c(F)cc2[nH]1. The van der Waals surface area contributed by atoms with Crippen LogP contribution in [0.15, 0.2) is 12.1 Å². The van der Waals surface area contributed by atoms with E-state index in [2.05, 4.69) is 14.7 Å². The summed E-state index contributed by atoms with van der Waals surface area (Å²) in [6.45, 7) is 0. The molecule has 0 spiro atoms. The number of carbonyl (C=O) groups excluding carboxylic acids is 1. The van der Waals surface area contributed by atoms with Crippen molar-refractivity contribution in [3.05, 3.63) is 28.8 Å². The van der Waals surface area contributed by atoms with Crippen LogP contribution in [0.25, 0.3) is 11.0 Å². The van der Waals surface area contributed by atoms with E-state index in [0.29, 0.717) is 11.0 Å². The zero-order chi connectivity index (χ0) is 11.0. The number of rotatable bonds is 1. The topological polar surface area (TPSA) is 55.0 Å². The van der Waals surface area contributed by atoms with Crippen molar-refractivity contribution in [2.75, 3.05) is 7.11 Å². The lowest BCUT2D eigenvalue weighted by Gasteiger charge is -1.92. The van der Waals surface area contributed by atoms with Gasteiger partial charge >= 0.3 is 5.97 Å². The maximum absolute atomic E-state index is 13.0. The van der Waals surface area contributed by atoms with Crippen molar-refractivity contribution in [1.29, 1.82) is 0 Å². The van der Waals surface area contributed by atoms with Crippen molar-refractivity contribution in [1.82, 2.24) is 9.97 Å². The van der Waals surface area contributed by atoms with Crippen LogP contribution in [-0.2, 0) is 4.74 Å². The summed E-state index contributed by atoms with van der Waals surface area (Å²) in [6, 6.07) is 2.63. The van der Waals surface area contributed by atoms with Crippen LogP contribution in [0.4, 0.5) is 4.39 Å². The van der Waals surface area contributed by atoms with Gasteiger partial charge in [-0.3, -0.25) is 0 Å². The summed E-state index contributed by atoms with van der Waals surface area (Å²) in [7, 11) is 1.26. The average Bonchev–Trinajstić information content (AvgIpc) is 2.60. The lowest BCUT2D eigenvalue weighted by Crippen LogP contribution is -2.00. The third-order valence-electron chi connectivity index (χ3n) is 1.92. The molecule has 4 nitrogen and oxygen atoms in total. The van der Waals surface area contributed by atoms with E-state index >= 15 is 0 Å². The fourth-order valence-electron chi connectivity index (χ4n) is 1.23. The first-order valence-corrected chi connectivity index (χ1v) is 4.42. The molecule has 1 N–H and O–H groups in total. The molecule has 0 atom stereocenters. The van der Waals surface area contributed by atoms with Crippen LogP contribution in [0.3, 0.4) is 0 Å². The zero-order valence-electron chi connectivity index (χ0n) is 7.67. The molecule has 0 saturated heterocycles. The predicted octanol–water partition coefficient (Wildman–Crippen LogP) is 2.14. The van der Waals surface area contributed by atoms with Crippen molar-refractivity contribution in [2.45, 2.75) is 0 Å². The number of carbonyl (C=O) groups is 1. The molecule has 0 saturated carbocycles. The number of halogens is 2. The van der Waals surface area contributed by atoms with Gasteiger partial charge in [-0.05, 0) is 6.07 Å². The maximum atomic E-state index is 13.0. The molecule has 0 unspecified atom stereocenters. The molecule has 0 amide bonds. The van der Waals surface area contributed by atoms with Crippen LogP contribution < -0.4 is 0 Å². The fraction of sp³-hybridized carbons (Fsp3) is 0.111. The van der Waals surface area contributed by atoms with E-state index in [1.807, 2.05) is 0 Å². The molecule has 2 aromatic heterocycles. The molecule has 6 heteroatoms. The molecule has 0 radical (unpaired) electrons. The summed E-state index contributed by atoms with van der Waals surface area (Å²) in [4.78, 5) is 17.6. The van der Waals surface area contributed by atoms with Crippen LogP contribution in [-0.4, -0.2) is 23.0 Å². The number of H-pyrrole nitrogens is 1. The minimum absolute atomic E-state index is 0.210. The summed E-state index contributed by atoms with van der Waals surface area (Å²) in [5.74, 6) is -1.17. The van der Waals surface area contributed by atoms with Crippen molar-refractivity contribution < 1.29 is 13.9 Å². The van der Waals surface area contributed by atoms with E-state index in [-0.39, 0.29) is 10.8 Å². The zero-order valence-corrected chi connectivity index (χ0v) is 8.43. The molecule has 78 valence electrons. The third-order valence-corrected chi connectivity index (χ3v) is 2.18. The monoisotopic (exact) mass is 228 g/mol. The Labute approximate surface area is 89.0 Å². The first-order valence-electron chi connectivity index (χ1n) is 4.05. The van der Waals surface area contributed by atoms with Gasteiger partial charge in [0.15, 0.2) is 11.0 Å². The molecule has 2 rings (SSSR count). The number of esters is 1. The van der Waals surface area contributed by atoms with Crippen molar-refractivity contribution in [3.63, 3.8) is 0 Å². The first kappa shape index (κ1) is 9.92. The number of hydrogen-bond acceptors (Lipinski definition) is 3. The molecule has 2 heterocycles. The Morgan fingerprint density at radius 2 is 2.33 bits per heavy atom. The number of pyridine rings is 1. The Morgan fingerprint density at radius 1 is 1.60 bits per heavy atom. The second kappa shape index (κ2) is 3.51. The van der Waals surface area contributed by atoms with Gasteiger partial charge in [0.25, 0.3) is 0 Å². The number of fused-ring (bicyclic) bond motifs is 1. The molecule has 0 aliphatic rings. The second-order valence-corrected chi connectivity index (χ2v) is 3.23. The highest BCUT2D eigenvalue weighted by Gasteiger charge is 2.12. The smallest absolute Gasteiger partial charge is 0.354 e. The van der Waals surface area contributed by atoms with Crippen molar-refractivity contribution >= 4 is 28.6 Å². The minimum Gasteiger partial charge on any atom is -0.464 e. The van der Waals surface area contributed by atoms with E-state index in [4.69, 9.17) is 11.6 Å². The Kier molecular flexibility index (Phi) is 2.32. The highest BCUT2D eigenvalue weighted by atomic mass is 35.5. The summed E-state index contributed by atoms with van der Waals surface area (Å²) in [6.07, 6.45) is 0. The summed E-state index contributed by atoms with van der Waals surface area (Å²) in [5, 5.41) is -0.224. The Bertz CT molecular complexity index is 499. The Morgan fingerprint density at radius 3 is 3.00 bits per heavy atom. The molecule has 2 aromatic rings. The predicted molar refractivity (Wildman–Crippen MR) is 52.4 cm³/mol. The van der Waals surface area contributed by atoms with E-state index in [0.717, 1.165) is 0 Å². The normalized spacial score (nSPS) is 10.6. The van der Waals surface area contributed by atoms with Gasteiger partial charge in [-0.25, -0.2) is 14.2 Å². The summed E-state index contributed by atoms with van der Waals surface area (Å²) in [5.41, 5.74) is 1.03. The maximum Gasteiger partial charge on any atom is 0.354 e. The fourth-order valence-corrected chi connectivity index (χ4v) is 1.37. The Hall–Kier alpha value is -1.62. The number of methoxy groups -OCH3 is 1. The lowest BCUT2D eigenvalue weighted by atomic mass is 10.3. The molecular formula is C9H6ClFN2O2. The molecule has 15 heavy (non-hydrogen) atoms. The average molecular weight is 229 g/mol. The van der Waals surface area contributed by atoms with Gasteiger partial charge < -0.3 is 9.72 Å². The number of aromatic amines is 1. The highest BCUT2D eigenvalue weighted by Crippen LogP contribution is 2.19. The molecule has 0 bridgehead atoms. The molecule has 0 aromatic carbocycles. The van der Waals surface area contributed by atoms with Gasteiger partial charge in [0.2, 0.25) is 0 Å². The number of aromatic nitrogens is 2. The lowest BCUT2D eigenvalue weighted by molar-refractivity contribution is 0.0595. The Balaban J connectivity index is 2.61. The summed E-state index contributed by atoms with van der Waals surface area (Å²) >= 11 is 5.49. The summed E-state index contributed by atoms with van der Waals surface area (Å²) < 4.78 is 17.5. The van der Waals surface area contributed by atoms with Gasteiger partial charge in [-0.2, -0.15) is 0 Å². The van der Waals surface area contributed by atoms with Gasteiger partial charge in [0, 0.05) is 6.07 Å². The standard InChI is InChI=1S/C9H6ClFN2O2/c1-15-9(14)7-3-6-5(12-7)2-4(11)8(10)13-6/h2-3,12H,1H3. The number of hydrogen-bond donors (Lipinski definition) is 1. The van der Waals surface area contributed by atoms with Gasteiger partial charge in [-0.15, -0.1) is 0 Å². The minimum atomic E-state index is -0.637. The van der Waals surface area contributed by atoms with E-state index < -0.39 is 11.8 Å². The third kappa shape index (κ3) is 1.66. The molecule has 0 fully saturated rings. The largest absolute Gasteiger partial charge is 0.464 e. The number of nitrogens with one attached hydrogen (secondary N) is 1. The van der Waals surface area contributed by atoms with Crippen molar-refractivity contribution in [3.8, 4) is 0 Å². The first-order chi connectivity index (χ1) is 7.11. The molecule has 0 aliphatic heterocycles. The van der Waals surface area contributed by atoms with E-state index in [1.54, 1.807) is 0 Å². The van der Waals surface area contributed by atoms with E-state index in [1.165, 1.54) is 19.2 Å². The van der Waals surface area contributed by atoms with Gasteiger partial charge in [0.1, 0.15) is 5.69 Å². The quantitative estimate of drug-likeness (QED) is 0.601. The number of ether oxygens (including phenoxy) is 1. The highest BCUT2D eigenvalue weighted by molar-refractivity contribution is 6.29. The number of nitrogens with zero attached hydrogens (tertiary/aromatic N) is 1. The van der Waals surface area contributed by atoms with Crippen LogP contribution >= 0.6 is 11.6 Å².